The van der Waals surface area contributed by atoms with E-state index >= 15 is 0 Å². The standard InChI is InChI=1S/C45H24N6/c1-4-10-28-16-34-22-40-37(19-31(34)13-25(28)7-1)46-43-49(40)44-47-39-21-33-15-27-9-3-6-12-30(27)18-36(33)24-42(39)51(44)45-48-38-20-32-14-26-8-2-5-11-29(26)17-35(32)23-41(38)50(43)45/h1-24H. The first-order valence-corrected chi connectivity index (χ1v) is 17.3. The van der Waals surface area contributed by atoms with Crippen molar-refractivity contribution in [3.05, 3.63) is 146 Å². The number of rotatable bonds is 0. The Morgan fingerprint density at radius 1 is 0.255 bits per heavy atom. The maximum Gasteiger partial charge on any atom is 0.225 e. The average Bonchev–Trinajstić information content (AvgIpc) is 3.83. The minimum Gasteiger partial charge on any atom is -0.247 e. The third kappa shape index (κ3) is 3.38. The van der Waals surface area contributed by atoms with E-state index in [-0.39, 0.29) is 0 Å². The van der Waals surface area contributed by atoms with Gasteiger partial charge in [0.25, 0.3) is 0 Å². The van der Waals surface area contributed by atoms with Gasteiger partial charge in [-0.2, -0.15) is 0 Å². The number of benzene rings is 9. The van der Waals surface area contributed by atoms with Crippen LogP contribution < -0.4 is 0 Å². The summed E-state index contributed by atoms with van der Waals surface area (Å²) in [5, 5.41) is 14.3. The molecule has 13 rings (SSSR count). The highest BCUT2D eigenvalue weighted by atomic mass is 15.3. The van der Waals surface area contributed by atoms with Crippen LogP contribution in [0.3, 0.4) is 0 Å². The van der Waals surface area contributed by atoms with Gasteiger partial charge in [0.2, 0.25) is 17.3 Å². The lowest BCUT2D eigenvalue weighted by Crippen LogP contribution is -2.04. The van der Waals surface area contributed by atoms with Gasteiger partial charge in [0.15, 0.2) is 0 Å². The molecule has 0 saturated heterocycles. The summed E-state index contributed by atoms with van der Waals surface area (Å²) in [6.07, 6.45) is 0. The largest absolute Gasteiger partial charge is 0.247 e. The van der Waals surface area contributed by atoms with Gasteiger partial charge in [0.1, 0.15) is 0 Å². The maximum absolute atomic E-state index is 5.37. The molecule has 0 amide bonds. The second-order valence-corrected chi connectivity index (χ2v) is 13.9. The summed E-state index contributed by atoms with van der Waals surface area (Å²) in [7, 11) is 0. The second kappa shape index (κ2) is 8.94. The van der Waals surface area contributed by atoms with E-state index in [2.05, 4.69) is 159 Å². The SMILES string of the molecule is c1ccc2cc3cc4c(cc3cc2c1)nc1n4c2nc3cc4cc5ccccc5cc4cc3n2c2nc3cc4cc5ccccc5cc4cc3n12. The van der Waals surface area contributed by atoms with E-state index < -0.39 is 0 Å². The van der Waals surface area contributed by atoms with E-state index in [1.165, 1.54) is 48.5 Å². The van der Waals surface area contributed by atoms with Crippen LogP contribution in [0.25, 0.3) is 115 Å². The van der Waals surface area contributed by atoms with Gasteiger partial charge in [-0.15, -0.1) is 0 Å². The first-order chi connectivity index (χ1) is 25.2. The quantitative estimate of drug-likeness (QED) is 0.154. The number of hydrogen-bond donors (Lipinski definition) is 0. The molecule has 6 heteroatoms. The lowest BCUT2D eigenvalue weighted by molar-refractivity contribution is 1.02. The van der Waals surface area contributed by atoms with E-state index in [0.717, 1.165) is 66.6 Å². The van der Waals surface area contributed by atoms with Crippen molar-refractivity contribution >= 4 is 115 Å². The molecular weight excluding hydrogens is 625 g/mol. The van der Waals surface area contributed by atoms with Gasteiger partial charge in [-0.1, -0.05) is 72.8 Å². The molecular formula is C45H24N6. The van der Waals surface area contributed by atoms with Crippen molar-refractivity contribution in [3.8, 4) is 0 Å². The van der Waals surface area contributed by atoms with E-state index in [1.807, 2.05) is 0 Å². The molecule has 13 aromatic rings. The molecule has 6 nitrogen and oxygen atoms in total. The molecule has 0 bridgehead atoms. The third-order valence-corrected chi connectivity index (χ3v) is 11.0. The molecule has 234 valence electrons. The monoisotopic (exact) mass is 648 g/mol. The van der Waals surface area contributed by atoms with Gasteiger partial charge in [0.05, 0.1) is 33.1 Å². The second-order valence-electron chi connectivity index (χ2n) is 13.9. The molecule has 51 heavy (non-hydrogen) atoms. The summed E-state index contributed by atoms with van der Waals surface area (Å²) in [4.78, 5) is 16.1. The molecule has 4 aromatic heterocycles. The van der Waals surface area contributed by atoms with Gasteiger partial charge >= 0.3 is 0 Å². The van der Waals surface area contributed by atoms with E-state index in [9.17, 15) is 0 Å². The maximum atomic E-state index is 5.37. The van der Waals surface area contributed by atoms with Crippen molar-refractivity contribution in [3.63, 3.8) is 0 Å². The molecule has 0 aliphatic rings. The van der Waals surface area contributed by atoms with Crippen molar-refractivity contribution in [2.75, 3.05) is 0 Å². The summed E-state index contributed by atoms with van der Waals surface area (Å²) >= 11 is 0. The zero-order chi connectivity index (χ0) is 32.9. The van der Waals surface area contributed by atoms with E-state index in [4.69, 9.17) is 15.0 Å². The summed E-state index contributed by atoms with van der Waals surface area (Å²) in [5.41, 5.74) is 5.80. The molecule has 0 atom stereocenters. The lowest BCUT2D eigenvalue weighted by Gasteiger charge is -2.07. The fraction of sp³-hybridized carbons (Fsp3) is 0. The third-order valence-electron chi connectivity index (χ3n) is 11.0. The van der Waals surface area contributed by atoms with Crippen LogP contribution in [-0.2, 0) is 0 Å². The van der Waals surface area contributed by atoms with Crippen LogP contribution >= 0.6 is 0 Å². The molecule has 0 fully saturated rings. The number of nitrogens with zero attached hydrogens (tertiary/aromatic N) is 6. The lowest BCUT2D eigenvalue weighted by atomic mass is 10.0. The predicted molar refractivity (Wildman–Crippen MR) is 210 cm³/mol. The highest BCUT2D eigenvalue weighted by Crippen LogP contribution is 2.35. The van der Waals surface area contributed by atoms with Crippen LogP contribution in [0.1, 0.15) is 0 Å². The molecule has 0 saturated carbocycles. The Morgan fingerprint density at radius 3 is 0.745 bits per heavy atom. The van der Waals surface area contributed by atoms with Crippen LogP contribution in [0, 0.1) is 0 Å². The Hall–Kier alpha value is -7.05. The molecule has 0 aliphatic heterocycles. The zero-order valence-corrected chi connectivity index (χ0v) is 27.0. The van der Waals surface area contributed by atoms with Crippen LogP contribution in [0.2, 0.25) is 0 Å². The summed E-state index contributed by atoms with van der Waals surface area (Å²) < 4.78 is 6.68. The summed E-state index contributed by atoms with van der Waals surface area (Å²) in [6, 6.07) is 52.7. The highest BCUT2D eigenvalue weighted by molar-refractivity contribution is 6.08. The number of imidazole rings is 3. The first kappa shape index (κ1) is 25.9. The minimum absolute atomic E-state index is 0.792. The Kier molecular flexibility index (Phi) is 4.54. The topological polar surface area (TPSA) is 51.9 Å². The van der Waals surface area contributed by atoms with Crippen molar-refractivity contribution in [2.45, 2.75) is 0 Å². The van der Waals surface area contributed by atoms with Gasteiger partial charge in [-0.25, -0.2) is 28.2 Å². The van der Waals surface area contributed by atoms with Crippen molar-refractivity contribution in [1.29, 1.82) is 0 Å². The fourth-order valence-corrected chi connectivity index (χ4v) is 8.55. The average molecular weight is 649 g/mol. The number of aromatic nitrogens is 6. The highest BCUT2D eigenvalue weighted by Gasteiger charge is 2.22. The molecule has 0 spiro atoms. The van der Waals surface area contributed by atoms with E-state index in [1.54, 1.807) is 0 Å². The number of fused-ring (bicyclic) bond motifs is 18. The van der Waals surface area contributed by atoms with E-state index in [0.29, 0.717) is 0 Å². The van der Waals surface area contributed by atoms with Gasteiger partial charge in [-0.3, -0.25) is 0 Å². The molecule has 0 N–H and O–H groups in total. The minimum atomic E-state index is 0.792. The van der Waals surface area contributed by atoms with Crippen molar-refractivity contribution in [1.82, 2.24) is 28.2 Å². The Bertz CT molecular complexity index is 3290. The number of hydrogen-bond acceptors (Lipinski definition) is 3. The molecule has 4 heterocycles. The van der Waals surface area contributed by atoms with Gasteiger partial charge in [0, 0.05) is 0 Å². The molecule has 0 aliphatic carbocycles. The Morgan fingerprint density at radius 2 is 0.490 bits per heavy atom. The molecule has 0 radical (unpaired) electrons. The van der Waals surface area contributed by atoms with Gasteiger partial charge < -0.3 is 0 Å². The summed E-state index contributed by atoms with van der Waals surface area (Å²) in [5.74, 6) is 2.38. The van der Waals surface area contributed by atoms with Crippen LogP contribution in [0.5, 0.6) is 0 Å². The van der Waals surface area contributed by atoms with Crippen molar-refractivity contribution in [2.24, 2.45) is 0 Å². The van der Waals surface area contributed by atoms with Crippen LogP contribution in [0.4, 0.5) is 0 Å². The smallest absolute Gasteiger partial charge is 0.225 e. The predicted octanol–water partition coefficient (Wildman–Crippen LogP) is 11.0. The Labute approximate surface area is 288 Å². The first-order valence-electron chi connectivity index (χ1n) is 17.3. The molecule has 9 aromatic carbocycles. The summed E-state index contributed by atoms with van der Waals surface area (Å²) in [6.45, 7) is 0. The normalized spacial score (nSPS) is 12.7. The van der Waals surface area contributed by atoms with Crippen LogP contribution in [-0.4, -0.2) is 28.2 Å². The van der Waals surface area contributed by atoms with Gasteiger partial charge in [-0.05, 0) is 137 Å². The zero-order valence-electron chi connectivity index (χ0n) is 27.0. The molecule has 0 unspecified atom stereocenters. The van der Waals surface area contributed by atoms with Crippen LogP contribution in [0.15, 0.2) is 146 Å². The fourth-order valence-electron chi connectivity index (χ4n) is 8.55. The van der Waals surface area contributed by atoms with Crippen molar-refractivity contribution < 1.29 is 0 Å². The Balaban J connectivity index is 1.24.